The zero-order chi connectivity index (χ0) is 32.4. The number of hydrogen-bond acceptors (Lipinski definition) is 8. The van der Waals surface area contributed by atoms with E-state index in [1.165, 1.54) is 0 Å². The van der Waals surface area contributed by atoms with Gasteiger partial charge in [-0.15, -0.1) is 0 Å². The third kappa shape index (κ3) is 5.16. The van der Waals surface area contributed by atoms with Gasteiger partial charge in [-0.3, -0.25) is 4.90 Å². The van der Waals surface area contributed by atoms with Crippen molar-refractivity contribution in [3.63, 3.8) is 0 Å². The van der Waals surface area contributed by atoms with Gasteiger partial charge in [-0.25, -0.2) is 13.9 Å². The quantitative estimate of drug-likeness (QED) is 0.275. The van der Waals surface area contributed by atoms with Gasteiger partial charge in [0.05, 0.1) is 23.8 Å². The lowest BCUT2D eigenvalue weighted by atomic mass is 9.92. The molecule has 4 aliphatic heterocycles. The van der Waals surface area contributed by atoms with E-state index >= 15 is 4.39 Å². The van der Waals surface area contributed by atoms with Crippen LogP contribution in [0.4, 0.5) is 15.0 Å². The van der Waals surface area contributed by atoms with Crippen LogP contribution in [0.25, 0.3) is 32.9 Å². The Bertz CT molecular complexity index is 1840. The van der Waals surface area contributed by atoms with Crippen molar-refractivity contribution in [2.75, 3.05) is 44.8 Å². The minimum atomic E-state index is -0.886. The Hall–Kier alpha value is -4.03. The van der Waals surface area contributed by atoms with Gasteiger partial charge in [0.25, 0.3) is 0 Å². The number of carbonyl (C=O) groups is 1. The minimum Gasteiger partial charge on any atom is -0.465 e. The van der Waals surface area contributed by atoms with Crippen molar-refractivity contribution in [3.05, 3.63) is 41.3 Å². The smallest absolute Gasteiger partial charge is 0.407 e. The monoisotopic (exact) mass is 643 g/mol. The van der Waals surface area contributed by atoms with Gasteiger partial charge >= 0.3 is 12.1 Å². The third-order valence-corrected chi connectivity index (χ3v) is 11.0. The van der Waals surface area contributed by atoms with Crippen molar-refractivity contribution < 1.29 is 23.8 Å². The van der Waals surface area contributed by atoms with Gasteiger partial charge in [0.15, 0.2) is 12.0 Å². The second kappa shape index (κ2) is 11.9. The van der Waals surface area contributed by atoms with Crippen LogP contribution in [-0.4, -0.2) is 98.8 Å². The fourth-order valence-corrected chi connectivity index (χ4v) is 8.29. The highest BCUT2D eigenvalue weighted by atomic mass is 19.1. The Labute approximate surface area is 273 Å². The van der Waals surface area contributed by atoms with E-state index in [1.54, 1.807) is 4.90 Å². The van der Waals surface area contributed by atoms with Crippen LogP contribution < -0.4 is 9.64 Å². The number of ether oxygens (including phenoxy) is 2. The largest absolute Gasteiger partial charge is 0.465 e. The number of anilines is 1. The van der Waals surface area contributed by atoms with Crippen LogP contribution in [-0.2, 0) is 4.74 Å². The topological polar surface area (TPSA) is 109 Å². The zero-order valence-corrected chi connectivity index (χ0v) is 27.3. The summed E-state index contributed by atoms with van der Waals surface area (Å²) in [5, 5.41) is 16.1. The fraction of sp³-hybridized carbons (Fsp3) is 0.543. The predicted molar refractivity (Wildman–Crippen MR) is 177 cm³/mol. The van der Waals surface area contributed by atoms with Crippen molar-refractivity contribution in [1.29, 1.82) is 0 Å². The van der Waals surface area contributed by atoms with Gasteiger partial charge in [-0.05, 0) is 101 Å². The fourth-order valence-electron chi connectivity index (χ4n) is 8.29. The number of hydrogen-bond donors (Lipinski definition) is 1. The molecule has 12 heteroatoms. The van der Waals surface area contributed by atoms with Crippen molar-refractivity contribution in [3.8, 4) is 17.1 Å². The SMILES string of the molecule is Cc1cc2c(cnn2C2CCCCO2)c(-c2ccc3c(N4C[C@H]5CC[C@@H](C4)N5C(=O)O)nc(OC[C@@H]4CCCN4C)nc3c2F)c1C. The molecule has 1 amide bonds. The molecule has 4 fully saturated rings. The first-order chi connectivity index (χ1) is 22.8. The second-order valence-corrected chi connectivity index (χ2v) is 13.8. The molecule has 0 radical (unpaired) electrons. The van der Waals surface area contributed by atoms with Crippen molar-refractivity contribution in [2.45, 2.75) is 83.1 Å². The number of nitrogens with zero attached hydrogens (tertiary/aromatic N) is 7. The highest BCUT2D eigenvalue weighted by Crippen LogP contribution is 2.41. The van der Waals surface area contributed by atoms with Crippen LogP contribution in [0.2, 0.25) is 0 Å². The molecule has 0 aliphatic carbocycles. The Kier molecular flexibility index (Phi) is 7.67. The van der Waals surface area contributed by atoms with Crippen LogP contribution in [0.1, 0.15) is 62.3 Å². The molecule has 2 aromatic carbocycles. The highest BCUT2D eigenvalue weighted by molar-refractivity contribution is 6.01. The van der Waals surface area contributed by atoms with E-state index in [4.69, 9.17) is 24.5 Å². The summed E-state index contributed by atoms with van der Waals surface area (Å²) in [6.07, 6.45) is 7.56. The summed E-state index contributed by atoms with van der Waals surface area (Å²) in [7, 11) is 2.09. The Morgan fingerprint density at radius 3 is 2.57 bits per heavy atom. The van der Waals surface area contributed by atoms with E-state index in [2.05, 4.69) is 22.9 Å². The normalized spacial score (nSPS) is 24.9. The molecule has 4 aliphatic rings. The summed E-state index contributed by atoms with van der Waals surface area (Å²) in [6.45, 7) is 7.19. The predicted octanol–water partition coefficient (Wildman–Crippen LogP) is 5.91. The number of piperazine rings is 1. The maximum Gasteiger partial charge on any atom is 0.407 e. The number of fused-ring (bicyclic) bond motifs is 4. The Morgan fingerprint density at radius 2 is 1.87 bits per heavy atom. The lowest BCUT2D eigenvalue weighted by Crippen LogP contribution is -2.55. The van der Waals surface area contributed by atoms with Crippen LogP contribution in [0.3, 0.4) is 0 Å². The molecule has 2 bridgehead atoms. The minimum absolute atomic E-state index is 0.134. The maximum atomic E-state index is 17.1. The number of likely N-dealkylation sites (tertiary alicyclic amines) is 1. The first-order valence-corrected chi connectivity index (χ1v) is 17.0. The molecule has 4 aromatic rings. The van der Waals surface area contributed by atoms with E-state index in [0.29, 0.717) is 43.1 Å². The molecule has 0 spiro atoms. The number of rotatable bonds is 6. The van der Waals surface area contributed by atoms with Crippen LogP contribution >= 0.6 is 0 Å². The summed E-state index contributed by atoms with van der Waals surface area (Å²) >= 11 is 0. The summed E-state index contributed by atoms with van der Waals surface area (Å²) in [5.74, 6) is 0.156. The first kappa shape index (κ1) is 30.3. The number of halogens is 1. The van der Waals surface area contributed by atoms with Crippen molar-refractivity contribution in [1.82, 2.24) is 29.5 Å². The van der Waals surface area contributed by atoms with Crippen LogP contribution in [0.15, 0.2) is 24.4 Å². The van der Waals surface area contributed by atoms with Crippen molar-refractivity contribution >= 4 is 33.7 Å². The number of aromatic nitrogens is 4. The number of benzene rings is 2. The molecule has 4 saturated heterocycles. The van der Waals surface area contributed by atoms with Gasteiger partial charge in [-0.2, -0.15) is 15.1 Å². The standard InChI is InChI=1S/C35H42FN7O4/c1-20-15-28-27(16-37-43(28)29-8-4-5-14-46-29)30(21(20)2)25-11-12-26-32(31(25)36)38-34(47-19-24-7-6-13-40(24)3)39-33(26)41-17-22-9-10-23(18-41)42(22)35(44)45/h11-12,15-16,22-24,29H,4-10,13-14,17-19H2,1-3H3,(H,44,45)/t22-,23+,24-,29?/m0/s1. The van der Waals surface area contributed by atoms with Gasteiger partial charge in [0.2, 0.25) is 0 Å². The van der Waals surface area contributed by atoms with Gasteiger partial charge in [0.1, 0.15) is 17.9 Å². The summed E-state index contributed by atoms with van der Waals surface area (Å²) < 4.78 is 31.3. The average Bonchev–Trinajstić information content (AvgIpc) is 3.76. The highest BCUT2D eigenvalue weighted by Gasteiger charge is 2.43. The lowest BCUT2D eigenvalue weighted by Gasteiger charge is -2.40. The summed E-state index contributed by atoms with van der Waals surface area (Å²) in [5.41, 5.74) is 4.40. The average molecular weight is 644 g/mol. The maximum absolute atomic E-state index is 17.1. The zero-order valence-electron chi connectivity index (χ0n) is 27.3. The van der Waals surface area contributed by atoms with E-state index in [-0.39, 0.29) is 35.9 Å². The second-order valence-electron chi connectivity index (χ2n) is 13.8. The lowest BCUT2D eigenvalue weighted by molar-refractivity contribution is -0.0366. The molecule has 8 rings (SSSR count). The molecule has 2 aromatic heterocycles. The van der Waals surface area contributed by atoms with Crippen molar-refractivity contribution in [2.24, 2.45) is 0 Å². The van der Waals surface area contributed by atoms with E-state index in [9.17, 15) is 9.90 Å². The third-order valence-electron chi connectivity index (χ3n) is 11.0. The molecule has 1 N–H and O–H groups in total. The summed E-state index contributed by atoms with van der Waals surface area (Å²) in [4.78, 5) is 27.5. The van der Waals surface area contributed by atoms with E-state index in [0.717, 1.165) is 79.1 Å². The molecule has 47 heavy (non-hydrogen) atoms. The summed E-state index contributed by atoms with van der Waals surface area (Å²) in [6, 6.07) is 5.98. The molecule has 248 valence electrons. The van der Waals surface area contributed by atoms with Gasteiger partial charge < -0.3 is 24.4 Å². The van der Waals surface area contributed by atoms with Gasteiger partial charge in [-0.1, -0.05) is 6.07 Å². The molecule has 0 saturated carbocycles. The number of aryl methyl sites for hydroxylation is 1. The van der Waals surface area contributed by atoms with Crippen LogP contribution in [0.5, 0.6) is 6.01 Å². The molecular weight excluding hydrogens is 601 g/mol. The number of carboxylic acid groups (broad SMARTS) is 1. The number of likely N-dealkylation sites (N-methyl/N-ethyl adjacent to an activating group) is 1. The first-order valence-electron chi connectivity index (χ1n) is 17.0. The molecule has 11 nitrogen and oxygen atoms in total. The Morgan fingerprint density at radius 1 is 1.06 bits per heavy atom. The Balaban J connectivity index is 1.24. The molecule has 4 atom stereocenters. The van der Waals surface area contributed by atoms with Gasteiger partial charge in [0, 0.05) is 42.1 Å². The molecule has 6 heterocycles. The molecular formula is C35H42FN7O4. The van der Waals surface area contributed by atoms with Crippen LogP contribution in [0, 0.1) is 19.7 Å². The molecule has 1 unspecified atom stereocenters. The van der Waals surface area contributed by atoms with E-state index < -0.39 is 11.9 Å². The van der Waals surface area contributed by atoms with E-state index in [1.807, 2.05) is 36.9 Å². The number of amides is 1.